The molecule has 0 atom stereocenters. The Balaban J connectivity index is 2.42. The summed E-state index contributed by atoms with van der Waals surface area (Å²) in [5, 5.41) is 9.66. The summed E-state index contributed by atoms with van der Waals surface area (Å²) in [4.78, 5) is 0.954. The molecule has 1 nitrogen and oxygen atoms in total. The predicted molar refractivity (Wildman–Crippen MR) is 76.7 cm³/mol. The number of halogens is 5. The van der Waals surface area contributed by atoms with Gasteiger partial charge in [-0.25, -0.2) is 0 Å². The van der Waals surface area contributed by atoms with Crippen molar-refractivity contribution in [2.24, 2.45) is 0 Å². The molecular formula is C14H6Cl2F3NS. The molecule has 0 N–H and O–H groups in total. The Morgan fingerprint density at radius 3 is 2.38 bits per heavy atom. The molecule has 0 unspecified atom stereocenters. The van der Waals surface area contributed by atoms with E-state index in [2.05, 4.69) is 0 Å². The van der Waals surface area contributed by atoms with Crippen molar-refractivity contribution < 1.29 is 13.2 Å². The molecule has 0 amide bonds. The third-order valence-electron chi connectivity index (χ3n) is 2.56. The molecule has 7 heteroatoms. The summed E-state index contributed by atoms with van der Waals surface area (Å²) in [6.07, 6.45) is -4.48. The van der Waals surface area contributed by atoms with E-state index >= 15 is 0 Å². The van der Waals surface area contributed by atoms with Gasteiger partial charge in [-0.2, -0.15) is 18.4 Å². The van der Waals surface area contributed by atoms with E-state index in [0.29, 0.717) is 19.8 Å². The summed E-state index contributed by atoms with van der Waals surface area (Å²) in [7, 11) is 0. The van der Waals surface area contributed by atoms with Gasteiger partial charge in [-0.15, -0.1) is 0 Å². The largest absolute Gasteiger partial charge is 0.416 e. The molecule has 0 aliphatic rings. The summed E-state index contributed by atoms with van der Waals surface area (Å²) in [6, 6.07) is 9.73. The van der Waals surface area contributed by atoms with Crippen LogP contribution in [0.15, 0.2) is 46.2 Å². The Morgan fingerprint density at radius 1 is 1.05 bits per heavy atom. The first kappa shape index (κ1) is 16.0. The highest BCUT2D eigenvalue weighted by Gasteiger charge is 2.31. The Morgan fingerprint density at radius 2 is 1.76 bits per heavy atom. The lowest BCUT2D eigenvalue weighted by Crippen LogP contribution is -2.05. The van der Waals surface area contributed by atoms with Gasteiger partial charge < -0.3 is 0 Å². The summed E-state index contributed by atoms with van der Waals surface area (Å²) in [5.74, 6) is 0. The Hall–Kier alpha value is -1.35. The molecule has 0 spiro atoms. The van der Waals surface area contributed by atoms with Crippen LogP contribution in [0.1, 0.15) is 11.1 Å². The Labute approximate surface area is 133 Å². The standard InChI is InChI=1S/C14H6Cl2F3NS/c15-10-2-1-3-12(13(10)16)21-11-5-4-9(14(17,18)19)6-8(11)7-20/h1-6H. The predicted octanol–water partition coefficient (Wildman–Crippen LogP) is 6.04. The zero-order valence-electron chi connectivity index (χ0n) is 10.2. The zero-order chi connectivity index (χ0) is 15.6. The topological polar surface area (TPSA) is 23.8 Å². The second kappa shape index (κ2) is 6.18. The Bertz CT molecular complexity index is 723. The lowest BCUT2D eigenvalue weighted by Gasteiger charge is -2.10. The molecule has 0 saturated carbocycles. The van der Waals surface area contributed by atoms with Crippen LogP contribution in [0.3, 0.4) is 0 Å². The van der Waals surface area contributed by atoms with Gasteiger partial charge in [-0.1, -0.05) is 41.0 Å². The van der Waals surface area contributed by atoms with E-state index in [-0.39, 0.29) is 5.56 Å². The van der Waals surface area contributed by atoms with Crippen LogP contribution in [0.2, 0.25) is 10.0 Å². The fraction of sp³-hybridized carbons (Fsp3) is 0.0714. The van der Waals surface area contributed by atoms with Crippen LogP contribution in [-0.2, 0) is 6.18 Å². The first-order valence-electron chi connectivity index (χ1n) is 5.56. The van der Waals surface area contributed by atoms with Crippen LogP contribution in [-0.4, -0.2) is 0 Å². The van der Waals surface area contributed by atoms with Gasteiger partial charge in [0.2, 0.25) is 0 Å². The van der Waals surface area contributed by atoms with Crippen molar-refractivity contribution in [3.63, 3.8) is 0 Å². The number of hydrogen-bond acceptors (Lipinski definition) is 2. The molecular weight excluding hydrogens is 342 g/mol. The highest BCUT2D eigenvalue weighted by molar-refractivity contribution is 7.99. The second-order valence-corrected chi connectivity index (χ2v) is 5.84. The molecule has 0 aliphatic carbocycles. The van der Waals surface area contributed by atoms with E-state index in [1.165, 1.54) is 6.07 Å². The van der Waals surface area contributed by atoms with Crippen LogP contribution >= 0.6 is 35.0 Å². The lowest BCUT2D eigenvalue weighted by atomic mass is 10.1. The van der Waals surface area contributed by atoms with Gasteiger partial charge in [0.15, 0.2) is 0 Å². The highest BCUT2D eigenvalue weighted by Crippen LogP contribution is 2.39. The third-order valence-corrected chi connectivity index (χ3v) is 4.63. The molecule has 21 heavy (non-hydrogen) atoms. The number of nitrogens with zero attached hydrogens (tertiary/aromatic N) is 1. The molecule has 0 heterocycles. The quantitative estimate of drug-likeness (QED) is 0.661. The summed E-state index contributed by atoms with van der Waals surface area (Å²) in [5.41, 5.74) is -0.925. The van der Waals surface area contributed by atoms with Crippen LogP contribution < -0.4 is 0 Å². The molecule has 108 valence electrons. The average Bonchev–Trinajstić information content (AvgIpc) is 2.43. The zero-order valence-corrected chi connectivity index (χ0v) is 12.5. The van der Waals surface area contributed by atoms with Gasteiger partial charge in [0.1, 0.15) is 6.07 Å². The SMILES string of the molecule is N#Cc1cc(C(F)(F)F)ccc1Sc1cccc(Cl)c1Cl. The van der Waals surface area contributed by atoms with Crippen molar-refractivity contribution in [2.45, 2.75) is 16.0 Å². The van der Waals surface area contributed by atoms with E-state index < -0.39 is 11.7 Å². The molecule has 0 aliphatic heterocycles. The molecule has 0 saturated heterocycles. The van der Waals surface area contributed by atoms with Crippen LogP contribution in [0.4, 0.5) is 13.2 Å². The van der Waals surface area contributed by atoms with Crippen molar-refractivity contribution >= 4 is 35.0 Å². The molecule has 2 rings (SSSR count). The molecule has 2 aromatic rings. The fourth-order valence-electron chi connectivity index (χ4n) is 1.56. The monoisotopic (exact) mass is 347 g/mol. The molecule has 0 bridgehead atoms. The molecule has 0 aromatic heterocycles. The van der Waals surface area contributed by atoms with Crippen molar-refractivity contribution in [1.29, 1.82) is 5.26 Å². The van der Waals surface area contributed by atoms with Crippen molar-refractivity contribution in [3.05, 3.63) is 57.6 Å². The minimum atomic E-state index is -4.48. The van der Waals surface area contributed by atoms with Gasteiger partial charge in [0.05, 0.1) is 21.2 Å². The second-order valence-electron chi connectivity index (χ2n) is 3.97. The van der Waals surface area contributed by atoms with Crippen LogP contribution in [0.5, 0.6) is 0 Å². The maximum absolute atomic E-state index is 12.6. The van der Waals surface area contributed by atoms with Gasteiger partial charge in [0, 0.05) is 9.79 Å². The van der Waals surface area contributed by atoms with E-state index in [0.717, 1.165) is 23.9 Å². The fourth-order valence-corrected chi connectivity index (χ4v) is 2.97. The number of benzene rings is 2. The summed E-state index contributed by atoms with van der Waals surface area (Å²) >= 11 is 13.0. The van der Waals surface area contributed by atoms with Gasteiger partial charge in [0.25, 0.3) is 0 Å². The number of rotatable bonds is 2. The molecule has 0 fully saturated rings. The van der Waals surface area contributed by atoms with Crippen molar-refractivity contribution in [3.8, 4) is 6.07 Å². The Kier molecular flexibility index (Phi) is 4.72. The number of hydrogen-bond donors (Lipinski definition) is 0. The van der Waals surface area contributed by atoms with Crippen molar-refractivity contribution in [1.82, 2.24) is 0 Å². The number of nitriles is 1. The van der Waals surface area contributed by atoms with E-state index in [9.17, 15) is 13.2 Å². The number of alkyl halides is 3. The van der Waals surface area contributed by atoms with E-state index in [1.807, 2.05) is 0 Å². The summed E-state index contributed by atoms with van der Waals surface area (Å²) in [6.45, 7) is 0. The van der Waals surface area contributed by atoms with Crippen LogP contribution in [0, 0.1) is 11.3 Å². The van der Waals surface area contributed by atoms with E-state index in [4.69, 9.17) is 28.5 Å². The minimum absolute atomic E-state index is 0.0640. The summed E-state index contributed by atoms with van der Waals surface area (Å²) < 4.78 is 37.9. The molecule has 0 radical (unpaired) electrons. The first-order valence-corrected chi connectivity index (χ1v) is 7.13. The first-order chi connectivity index (χ1) is 9.82. The normalized spacial score (nSPS) is 11.2. The van der Waals surface area contributed by atoms with Gasteiger partial charge in [-0.05, 0) is 30.3 Å². The minimum Gasteiger partial charge on any atom is -0.192 e. The van der Waals surface area contributed by atoms with Crippen molar-refractivity contribution in [2.75, 3.05) is 0 Å². The maximum Gasteiger partial charge on any atom is 0.416 e. The lowest BCUT2D eigenvalue weighted by molar-refractivity contribution is -0.137. The third kappa shape index (κ3) is 3.65. The smallest absolute Gasteiger partial charge is 0.192 e. The average molecular weight is 348 g/mol. The molecule has 2 aromatic carbocycles. The maximum atomic E-state index is 12.6. The van der Waals surface area contributed by atoms with E-state index in [1.54, 1.807) is 24.3 Å². The van der Waals surface area contributed by atoms with Crippen LogP contribution in [0.25, 0.3) is 0 Å². The van der Waals surface area contributed by atoms with Gasteiger partial charge in [-0.3, -0.25) is 0 Å². The van der Waals surface area contributed by atoms with Gasteiger partial charge >= 0.3 is 6.18 Å². The highest BCUT2D eigenvalue weighted by atomic mass is 35.5.